The van der Waals surface area contributed by atoms with E-state index in [1.165, 1.54) is 0 Å². The average molecular weight is 263 g/mol. The molecule has 1 heterocycles. The fraction of sp³-hybridized carbons (Fsp3) is 0.533. The molecule has 0 spiro atoms. The zero-order chi connectivity index (χ0) is 14.0. The summed E-state index contributed by atoms with van der Waals surface area (Å²) in [4.78, 5) is 13.7. The molecule has 0 saturated carbocycles. The second-order valence-corrected chi connectivity index (χ2v) is 5.32. The lowest BCUT2D eigenvalue weighted by atomic mass is 9.95. The van der Waals surface area contributed by atoms with Crippen molar-refractivity contribution in [3.05, 3.63) is 29.8 Å². The van der Waals surface area contributed by atoms with Crippen LogP contribution >= 0.6 is 0 Å². The Labute approximate surface area is 114 Å². The SMILES string of the molecule is COc1ccc(C(O)C2CC(=O)N(C(C)C)C2)cc1. The third-order valence-electron chi connectivity index (χ3n) is 3.72. The van der Waals surface area contributed by atoms with Gasteiger partial charge in [-0.25, -0.2) is 0 Å². The van der Waals surface area contributed by atoms with Crippen molar-refractivity contribution in [3.63, 3.8) is 0 Å². The van der Waals surface area contributed by atoms with Gasteiger partial charge in [-0.15, -0.1) is 0 Å². The van der Waals surface area contributed by atoms with Crippen molar-refractivity contribution in [3.8, 4) is 5.75 Å². The topological polar surface area (TPSA) is 49.8 Å². The second kappa shape index (κ2) is 5.61. The Morgan fingerprint density at radius 1 is 1.32 bits per heavy atom. The molecule has 1 fully saturated rings. The van der Waals surface area contributed by atoms with E-state index in [2.05, 4.69) is 0 Å². The van der Waals surface area contributed by atoms with Crippen molar-refractivity contribution in [2.75, 3.05) is 13.7 Å². The monoisotopic (exact) mass is 263 g/mol. The largest absolute Gasteiger partial charge is 0.497 e. The summed E-state index contributed by atoms with van der Waals surface area (Å²) in [5, 5.41) is 10.4. The maximum absolute atomic E-state index is 11.9. The van der Waals surface area contributed by atoms with Crippen molar-refractivity contribution < 1.29 is 14.6 Å². The van der Waals surface area contributed by atoms with E-state index in [9.17, 15) is 9.90 Å². The van der Waals surface area contributed by atoms with Crippen LogP contribution in [0.3, 0.4) is 0 Å². The van der Waals surface area contributed by atoms with Crippen LogP contribution < -0.4 is 4.74 Å². The summed E-state index contributed by atoms with van der Waals surface area (Å²) in [5.74, 6) is 0.873. The number of aliphatic hydroxyl groups is 1. The maximum Gasteiger partial charge on any atom is 0.223 e. The first kappa shape index (κ1) is 13.9. The molecule has 1 aromatic carbocycles. The van der Waals surface area contributed by atoms with Crippen LogP contribution in [0.25, 0.3) is 0 Å². The van der Waals surface area contributed by atoms with Crippen molar-refractivity contribution in [2.45, 2.75) is 32.4 Å². The van der Waals surface area contributed by atoms with E-state index in [-0.39, 0.29) is 17.9 Å². The van der Waals surface area contributed by atoms with E-state index in [0.29, 0.717) is 13.0 Å². The van der Waals surface area contributed by atoms with Gasteiger partial charge in [0.1, 0.15) is 5.75 Å². The van der Waals surface area contributed by atoms with E-state index < -0.39 is 6.10 Å². The summed E-state index contributed by atoms with van der Waals surface area (Å²) in [6.07, 6.45) is -0.177. The quantitative estimate of drug-likeness (QED) is 0.903. The summed E-state index contributed by atoms with van der Waals surface area (Å²) in [6, 6.07) is 7.56. The second-order valence-electron chi connectivity index (χ2n) is 5.32. The maximum atomic E-state index is 11.9. The Morgan fingerprint density at radius 2 is 1.95 bits per heavy atom. The number of carbonyl (C=O) groups is 1. The van der Waals surface area contributed by atoms with Crippen molar-refractivity contribution in [1.29, 1.82) is 0 Å². The predicted molar refractivity (Wildman–Crippen MR) is 72.9 cm³/mol. The van der Waals surface area contributed by atoms with Crippen LogP contribution in [0.15, 0.2) is 24.3 Å². The molecule has 1 aliphatic rings. The van der Waals surface area contributed by atoms with Crippen LogP contribution in [0, 0.1) is 5.92 Å². The van der Waals surface area contributed by atoms with E-state index >= 15 is 0 Å². The Morgan fingerprint density at radius 3 is 2.42 bits per heavy atom. The Kier molecular flexibility index (Phi) is 4.10. The fourth-order valence-corrected chi connectivity index (χ4v) is 2.54. The van der Waals surface area contributed by atoms with Gasteiger partial charge in [0.2, 0.25) is 5.91 Å². The van der Waals surface area contributed by atoms with Crippen molar-refractivity contribution in [2.24, 2.45) is 5.92 Å². The highest BCUT2D eigenvalue weighted by Gasteiger charge is 2.35. The number of likely N-dealkylation sites (tertiary alicyclic amines) is 1. The Balaban J connectivity index is 2.07. The number of benzene rings is 1. The minimum atomic E-state index is -0.599. The number of rotatable bonds is 4. The van der Waals surface area contributed by atoms with Gasteiger partial charge >= 0.3 is 0 Å². The van der Waals surface area contributed by atoms with Gasteiger partial charge in [0.15, 0.2) is 0 Å². The van der Waals surface area contributed by atoms with Crippen LogP contribution in [-0.4, -0.2) is 35.6 Å². The van der Waals surface area contributed by atoms with E-state index in [1.807, 2.05) is 43.0 Å². The zero-order valence-electron chi connectivity index (χ0n) is 11.7. The van der Waals surface area contributed by atoms with Crippen LogP contribution in [0.1, 0.15) is 31.9 Å². The van der Waals surface area contributed by atoms with Gasteiger partial charge in [0.05, 0.1) is 13.2 Å². The molecule has 0 aliphatic carbocycles. The van der Waals surface area contributed by atoms with Crippen LogP contribution in [0.4, 0.5) is 0 Å². The normalized spacial score (nSPS) is 21.0. The van der Waals surface area contributed by atoms with Crippen molar-refractivity contribution in [1.82, 2.24) is 4.90 Å². The number of hydrogen-bond acceptors (Lipinski definition) is 3. The molecule has 1 aromatic rings. The minimum absolute atomic E-state index is 0.0247. The fourth-order valence-electron chi connectivity index (χ4n) is 2.54. The van der Waals surface area contributed by atoms with E-state index in [0.717, 1.165) is 11.3 Å². The first-order valence-corrected chi connectivity index (χ1v) is 6.64. The number of nitrogens with zero attached hydrogens (tertiary/aromatic N) is 1. The molecule has 1 saturated heterocycles. The highest BCUT2D eigenvalue weighted by molar-refractivity contribution is 5.79. The molecule has 1 amide bonds. The lowest BCUT2D eigenvalue weighted by molar-refractivity contribution is -0.129. The average Bonchev–Trinajstić information content (AvgIpc) is 2.80. The van der Waals surface area contributed by atoms with Gasteiger partial charge in [-0.1, -0.05) is 12.1 Å². The molecule has 0 aromatic heterocycles. The van der Waals surface area contributed by atoms with Crippen molar-refractivity contribution >= 4 is 5.91 Å². The van der Waals surface area contributed by atoms with Crippen LogP contribution in [-0.2, 0) is 4.79 Å². The molecule has 4 heteroatoms. The highest BCUT2D eigenvalue weighted by atomic mass is 16.5. The summed E-state index contributed by atoms with van der Waals surface area (Å²) < 4.78 is 5.10. The number of aliphatic hydroxyl groups excluding tert-OH is 1. The van der Waals surface area contributed by atoms with Gasteiger partial charge in [-0.05, 0) is 31.5 Å². The Bertz CT molecular complexity index is 441. The highest BCUT2D eigenvalue weighted by Crippen LogP contribution is 2.32. The first-order chi connectivity index (χ1) is 9.02. The molecule has 19 heavy (non-hydrogen) atoms. The summed E-state index contributed by atoms with van der Waals surface area (Å²) in [5.41, 5.74) is 0.837. The number of carbonyl (C=O) groups excluding carboxylic acids is 1. The van der Waals surface area contributed by atoms with Crippen LogP contribution in [0.2, 0.25) is 0 Å². The summed E-state index contributed by atoms with van der Waals surface area (Å²) in [7, 11) is 1.61. The number of ether oxygens (including phenoxy) is 1. The predicted octanol–water partition coefficient (Wildman–Crippen LogP) is 1.99. The molecule has 4 nitrogen and oxygen atoms in total. The van der Waals surface area contributed by atoms with Gasteiger partial charge in [0.25, 0.3) is 0 Å². The van der Waals surface area contributed by atoms with E-state index in [1.54, 1.807) is 7.11 Å². The molecular weight excluding hydrogens is 242 g/mol. The number of hydrogen-bond donors (Lipinski definition) is 1. The summed E-state index contributed by atoms with van der Waals surface area (Å²) >= 11 is 0. The van der Waals surface area contributed by atoms with Gasteiger partial charge < -0.3 is 14.7 Å². The first-order valence-electron chi connectivity index (χ1n) is 6.64. The summed E-state index contributed by atoms with van der Waals surface area (Å²) in [6.45, 7) is 4.63. The molecule has 1 N–H and O–H groups in total. The minimum Gasteiger partial charge on any atom is -0.497 e. The van der Waals surface area contributed by atoms with Crippen LogP contribution in [0.5, 0.6) is 5.75 Å². The molecule has 2 rings (SSSR count). The zero-order valence-corrected chi connectivity index (χ0v) is 11.7. The lowest BCUT2D eigenvalue weighted by Gasteiger charge is -2.22. The third-order valence-corrected chi connectivity index (χ3v) is 3.72. The molecule has 104 valence electrons. The number of methoxy groups -OCH3 is 1. The van der Waals surface area contributed by atoms with Gasteiger partial charge in [-0.2, -0.15) is 0 Å². The molecule has 2 unspecified atom stereocenters. The molecular formula is C15H21NO3. The smallest absolute Gasteiger partial charge is 0.223 e. The standard InChI is InChI=1S/C15H21NO3/c1-10(2)16-9-12(8-14(16)17)15(18)11-4-6-13(19-3)7-5-11/h4-7,10,12,15,18H,8-9H2,1-3H3. The number of amides is 1. The molecule has 1 aliphatic heterocycles. The van der Waals surface area contributed by atoms with Gasteiger partial charge in [-0.3, -0.25) is 4.79 Å². The third kappa shape index (κ3) is 2.89. The Hall–Kier alpha value is -1.55. The molecule has 2 atom stereocenters. The molecule has 0 radical (unpaired) electrons. The lowest BCUT2D eigenvalue weighted by Crippen LogP contribution is -2.32. The molecule has 0 bridgehead atoms. The van der Waals surface area contributed by atoms with E-state index in [4.69, 9.17) is 4.74 Å². The van der Waals surface area contributed by atoms with Gasteiger partial charge in [0, 0.05) is 24.9 Å².